The highest BCUT2D eigenvalue weighted by Crippen LogP contribution is 2.24. The Morgan fingerprint density at radius 2 is 2.22 bits per heavy atom. The van der Waals surface area contributed by atoms with Crippen molar-refractivity contribution < 1.29 is 9.13 Å². The van der Waals surface area contributed by atoms with Gasteiger partial charge in [-0.1, -0.05) is 12.1 Å². The number of methoxy groups -OCH3 is 1. The first-order chi connectivity index (χ1) is 8.72. The van der Waals surface area contributed by atoms with Crippen LogP contribution in [0.25, 0.3) is 0 Å². The largest absolute Gasteiger partial charge is 0.494 e. The summed E-state index contributed by atoms with van der Waals surface area (Å²) >= 11 is 0. The van der Waals surface area contributed by atoms with Crippen LogP contribution in [0.15, 0.2) is 18.2 Å². The second-order valence-electron chi connectivity index (χ2n) is 4.82. The van der Waals surface area contributed by atoms with Gasteiger partial charge in [0.2, 0.25) is 0 Å². The van der Waals surface area contributed by atoms with Crippen molar-refractivity contribution in [2.45, 2.75) is 25.4 Å². The Labute approximate surface area is 108 Å². The van der Waals surface area contributed by atoms with Crippen LogP contribution in [0.2, 0.25) is 0 Å². The van der Waals surface area contributed by atoms with Gasteiger partial charge >= 0.3 is 0 Å². The van der Waals surface area contributed by atoms with Gasteiger partial charge in [0.25, 0.3) is 0 Å². The number of benzene rings is 1. The molecular formula is C14H21FN2O. The molecule has 18 heavy (non-hydrogen) atoms. The van der Waals surface area contributed by atoms with Crippen LogP contribution in [0, 0.1) is 5.82 Å². The van der Waals surface area contributed by atoms with E-state index in [-0.39, 0.29) is 5.82 Å². The van der Waals surface area contributed by atoms with Gasteiger partial charge in [-0.2, -0.15) is 0 Å². The van der Waals surface area contributed by atoms with Crippen LogP contribution in [-0.2, 0) is 6.54 Å². The van der Waals surface area contributed by atoms with E-state index < -0.39 is 0 Å². The number of hydrogen-bond donors (Lipinski definition) is 1. The Morgan fingerprint density at radius 3 is 2.89 bits per heavy atom. The van der Waals surface area contributed by atoms with Gasteiger partial charge in [0.1, 0.15) is 0 Å². The van der Waals surface area contributed by atoms with Crippen molar-refractivity contribution in [3.05, 3.63) is 29.6 Å². The van der Waals surface area contributed by atoms with Gasteiger partial charge in [0.05, 0.1) is 7.11 Å². The Kier molecular flexibility index (Phi) is 4.55. The predicted molar refractivity (Wildman–Crippen MR) is 70.3 cm³/mol. The lowest BCUT2D eigenvalue weighted by molar-refractivity contribution is 0.321. The zero-order chi connectivity index (χ0) is 13.0. The molecule has 0 unspecified atom stereocenters. The van der Waals surface area contributed by atoms with Gasteiger partial charge in [-0.05, 0) is 26.0 Å². The zero-order valence-corrected chi connectivity index (χ0v) is 11.1. The quantitative estimate of drug-likeness (QED) is 0.751. The molecule has 0 aromatic heterocycles. The Hall–Kier alpha value is -1.13. The molecule has 0 atom stereocenters. The molecule has 1 N–H and O–H groups in total. The Bertz CT molecular complexity index is 393. The molecule has 0 aliphatic heterocycles. The normalized spacial score (nSPS) is 15.1. The first kappa shape index (κ1) is 13.3. The lowest BCUT2D eigenvalue weighted by atomic mass is 10.2. The van der Waals surface area contributed by atoms with E-state index in [9.17, 15) is 4.39 Å². The van der Waals surface area contributed by atoms with Crippen LogP contribution in [0.5, 0.6) is 5.75 Å². The molecule has 1 fully saturated rings. The molecule has 1 saturated carbocycles. The van der Waals surface area contributed by atoms with E-state index in [1.807, 2.05) is 6.07 Å². The molecule has 0 amide bonds. The second kappa shape index (κ2) is 6.16. The summed E-state index contributed by atoms with van der Waals surface area (Å²) in [5.41, 5.74) is 0.656. The minimum atomic E-state index is -0.261. The molecule has 0 radical (unpaired) electrons. The van der Waals surface area contributed by atoms with E-state index in [2.05, 4.69) is 17.3 Å². The van der Waals surface area contributed by atoms with Crippen molar-refractivity contribution in [2.24, 2.45) is 0 Å². The molecule has 0 heterocycles. The van der Waals surface area contributed by atoms with Gasteiger partial charge < -0.3 is 15.0 Å². The predicted octanol–water partition coefficient (Wildman–Crippen LogP) is 2.02. The summed E-state index contributed by atoms with van der Waals surface area (Å²) in [7, 11) is 3.63. The number of rotatable bonds is 7. The fraction of sp³-hybridized carbons (Fsp3) is 0.571. The smallest absolute Gasteiger partial charge is 0.169 e. The maximum Gasteiger partial charge on any atom is 0.169 e. The summed E-state index contributed by atoms with van der Waals surface area (Å²) < 4.78 is 18.8. The summed E-state index contributed by atoms with van der Waals surface area (Å²) in [5.74, 6) is 0.0486. The molecule has 1 aliphatic carbocycles. The van der Waals surface area contributed by atoms with Gasteiger partial charge in [-0.25, -0.2) is 4.39 Å². The molecular weight excluding hydrogens is 231 g/mol. The molecule has 0 spiro atoms. The minimum Gasteiger partial charge on any atom is -0.494 e. The lowest BCUT2D eigenvalue weighted by Crippen LogP contribution is -2.30. The van der Waals surface area contributed by atoms with Gasteiger partial charge in [-0.3, -0.25) is 0 Å². The summed E-state index contributed by atoms with van der Waals surface area (Å²) in [5, 5.41) is 3.27. The maximum atomic E-state index is 13.8. The molecule has 0 saturated heterocycles. The van der Waals surface area contributed by atoms with Crippen molar-refractivity contribution in [2.75, 3.05) is 27.2 Å². The maximum absolute atomic E-state index is 13.8. The topological polar surface area (TPSA) is 24.5 Å². The van der Waals surface area contributed by atoms with Crippen LogP contribution in [-0.4, -0.2) is 38.2 Å². The molecule has 1 aromatic carbocycles. The average Bonchev–Trinajstić information content (AvgIpc) is 3.20. The number of hydrogen-bond acceptors (Lipinski definition) is 3. The van der Waals surface area contributed by atoms with Crippen molar-refractivity contribution in [3.8, 4) is 5.75 Å². The number of ether oxygens (including phenoxy) is 1. The number of nitrogens with one attached hydrogen (secondary N) is 1. The minimum absolute atomic E-state index is 0.261. The summed E-state index contributed by atoms with van der Waals surface area (Å²) in [6, 6.07) is 6.02. The zero-order valence-electron chi connectivity index (χ0n) is 11.1. The average molecular weight is 252 g/mol. The van der Waals surface area contributed by atoms with E-state index in [0.29, 0.717) is 17.9 Å². The molecule has 1 aliphatic rings. The monoisotopic (exact) mass is 252 g/mol. The van der Waals surface area contributed by atoms with Crippen molar-refractivity contribution in [3.63, 3.8) is 0 Å². The van der Waals surface area contributed by atoms with Gasteiger partial charge in [0.15, 0.2) is 11.6 Å². The number of halogens is 1. The highest BCUT2D eigenvalue weighted by atomic mass is 19.1. The summed E-state index contributed by atoms with van der Waals surface area (Å²) in [6.07, 6.45) is 2.64. The number of likely N-dealkylation sites (N-methyl/N-ethyl adjacent to an activating group) is 1. The van der Waals surface area contributed by atoms with Crippen molar-refractivity contribution in [1.82, 2.24) is 10.2 Å². The summed E-state index contributed by atoms with van der Waals surface area (Å²) in [6.45, 7) is 2.43. The van der Waals surface area contributed by atoms with Crippen LogP contribution in [0.4, 0.5) is 4.39 Å². The van der Waals surface area contributed by atoms with Crippen LogP contribution < -0.4 is 10.1 Å². The van der Waals surface area contributed by atoms with E-state index >= 15 is 0 Å². The standard InChI is InChI=1S/C14H21FN2O/c1-17(12-6-7-12)9-8-16-10-11-4-3-5-13(18-2)14(11)15/h3-5,12,16H,6-10H2,1-2H3. The third-order valence-corrected chi connectivity index (χ3v) is 3.39. The van der Waals surface area contributed by atoms with Crippen LogP contribution >= 0.6 is 0 Å². The van der Waals surface area contributed by atoms with Crippen molar-refractivity contribution >= 4 is 0 Å². The fourth-order valence-corrected chi connectivity index (χ4v) is 2.03. The van der Waals surface area contributed by atoms with Gasteiger partial charge in [0, 0.05) is 31.2 Å². The van der Waals surface area contributed by atoms with Crippen LogP contribution in [0.1, 0.15) is 18.4 Å². The van der Waals surface area contributed by atoms with Crippen LogP contribution in [0.3, 0.4) is 0 Å². The SMILES string of the molecule is COc1cccc(CNCCN(C)C2CC2)c1F. The Balaban J connectivity index is 1.75. The molecule has 2 rings (SSSR count). The summed E-state index contributed by atoms with van der Waals surface area (Å²) in [4.78, 5) is 2.36. The molecule has 0 bridgehead atoms. The number of nitrogens with zero attached hydrogens (tertiary/aromatic N) is 1. The third kappa shape index (κ3) is 3.43. The van der Waals surface area contributed by atoms with E-state index in [1.54, 1.807) is 12.1 Å². The van der Waals surface area contributed by atoms with Crippen molar-refractivity contribution in [1.29, 1.82) is 0 Å². The van der Waals surface area contributed by atoms with E-state index in [1.165, 1.54) is 20.0 Å². The highest BCUT2D eigenvalue weighted by molar-refractivity contribution is 5.30. The molecule has 4 heteroatoms. The molecule has 1 aromatic rings. The molecule has 100 valence electrons. The van der Waals surface area contributed by atoms with E-state index in [0.717, 1.165) is 19.1 Å². The molecule has 3 nitrogen and oxygen atoms in total. The van der Waals surface area contributed by atoms with Gasteiger partial charge in [-0.15, -0.1) is 0 Å². The first-order valence-corrected chi connectivity index (χ1v) is 6.44. The van der Waals surface area contributed by atoms with E-state index in [4.69, 9.17) is 4.74 Å². The second-order valence-corrected chi connectivity index (χ2v) is 4.82. The highest BCUT2D eigenvalue weighted by Gasteiger charge is 2.25. The third-order valence-electron chi connectivity index (χ3n) is 3.39. The Morgan fingerprint density at radius 1 is 1.44 bits per heavy atom. The lowest BCUT2D eigenvalue weighted by Gasteiger charge is -2.16. The fourth-order valence-electron chi connectivity index (χ4n) is 2.03. The first-order valence-electron chi connectivity index (χ1n) is 6.44.